The molecule has 2 aliphatic heterocycles. The monoisotopic (exact) mass is 333 g/mol. The maximum Gasteiger partial charge on any atom is 0.119 e. The summed E-state index contributed by atoms with van der Waals surface area (Å²) in [5.74, 6) is 3.43. The molecule has 4 rings (SSSR count). The van der Waals surface area contributed by atoms with Crippen molar-refractivity contribution < 1.29 is 9.47 Å². The summed E-state index contributed by atoms with van der Waals surface area (Å²) < 4.78 is 11.6. The largest absolute Gasteiger partial charge is 0.497 e. The van der Waals surface area contributed by atoms with Crippen molar-refractivity contribution in [3.05, 3.63) is 29.3 Å². The van der Waals surface area contributed by atoms with E-state index in [0.29, 0.717) is 12.1 Å². The van der Waals surface area contributed by atoms with E-state index in [1.807, 2.05) is 0 Å². The number of nitrogens with one attached hydrogen (secondary N) is 1. The highest BCUT2D eigenvalue weighted by Gasteiger charge is 2.41. The summed E-state index contributed by atoms with van der Waals surface area (Å²) in [5, 5.41) is 3.97. The van der Waals surface area contributed by atoms with Crippen molar-refractivity contribution in [1.29, 1.82) is 0 Å². The summed E-state index contributed by atoms with van der Waals surface area (Å²) in [6.07, 6.45) is 7.25. The summed E-state index contributed by atoms with van der Waals surface area (Å²) in [6, 6.07) is 7.70. The van der Waals surface area contributed by atoms with Crippen LogP contribution in [-0.2, 0) is 11.2 Å². The van der Waals surface area contributed by atoms with Crippen LogP contribution >= 0.6 is 11.8 Å². The lowest BCUT2D eigenvalue weighted by atomic mass is 9.85. The summed E-state index contributed by atoms with van der Waals surface area (Å²) in [6.45, 7) is 0.917. The van der Waals surface area contributed by atoms with Crippen LogP contribution in [0.25, 0.3) is 0 Å². The minimum absolute atomic E-state index is 0.165. The van der Waals surface area contributed by atoms with E-state index in [1.54, 1.807) is 7.11 Å². The fraction of sp³-hybridized carbons (Fsp3) is 0.684. The Bertz CT molecular complexity index is 556. The first-order valence-electron chi connectivity index (χ1n) is 8.93. The van der Waals surface area contributed by atoms with Gasteiger partial charge in [0.1, 0.15) is 5.75 Å². The van der Waals surface area contributed by atoms with Crippen LogP contribution in [0.1, 0.15) is 49.3 Å². The summed E-state index contributed by atoms with van der Waals surface area (Å²) in [7, 11) is 1.75. The number of fused-ring (bicyclic) bond motifs is 1. The Hall–Kier alpha value is -0.710. The molecular formula is C19H27NO2S. The Morgan fingerprint density at radius 2 is 2.30 bits per heavy atom. The van der Waals surface area contributed by atoms with E-state index in [9.17, 15) is 0 Å². The molecule has 2 heterocycles. The van der Waals surface area contributed by atoms with Crippen LogP contribution in [0.2, 0.25) is 0 Å². The van der Waals surface area contributed by atoms with Gasteiger partial charge in [-0.2, -0.15) is 11.8 Å². The molecule has 1 aromatic carbocycles. The molecular weight excluding hydrogens is 306 g/mol. The van der Waals surface area contributed by atoms with Crippen LogP contribution in [0, 0.1) is 0 Å². The first-order valence-corrected chi connectivity index (χ1v) is 10.1. The van der Waals surface area contributed by atoms with Crippen molar-refractivity contribution in [2.24, 2.45) is 0 Å². The topological polar surface area (TPSA) is 30.5 Å². The normalized spacial score (nSPS) is 33.6. The lowest BCUT2D eigenvalue weighted by Gasteiger charge is -2.40. The molecule has 126 valence electrons. The highest BCUT2D eigenvalue weighted by Crippen LogP contribution is 2.40. The maximum atomic E-state index is 6.17. The van der Waals surface area contributed by atoms with Gasteiger partial charge in [-0.25, -0.2) is 0 Å². The number of benzene rings is 1. The molecule has 3 nitrogen and oxygen atoms in total. The molecule has 0 radical (unpaired) electrons. The third-order valence-electron chi connectivity index (χ3n) is 5.66. The first-order chi connectivity index (χ1) is 11.3. The second-order valence-electron chi connectivity index (χ2n) is 7.20. The van der Waals surface area contributed by atoms with Gasteiger partial charge in [-0.3, -0.25) is 0 Å². The molecule has 2 saturated heterocycles. The molecule has 23 heavy (non-hydrogen) atoms. The van der Waals surface area contributed by atoms with Crippen LogP contribution in [0.4, 0.5) is 0 Å². The molecule has 0 bridgehead atoms. The quantitative estimate of drug-likeness (QED) is 0.913. The van der Waals surface area contributed by atoms with Crippen molar-refractivity contribution in [3.63, 3.8) is 0 Å². The number of methoxy groups -OCH3 is 1. The third-order valence-corrected chi connectivity index (χ3v) is 6.88. The van der Waals surface area contributed by atoms with Gasteiger partial charge >= 0.3 is 0 Å². The molecule has 0 aromatic heterocycles. The van der Waals surface area contributed by atoms with Gasteiger partial charge in [-0.1, -0.05) is 6.07 Å². The lowest BCUT2D eigenvalue weighted by molar-refractivity contribution is -0.0716. The third kappa shape index (κ3) is 3.26. The number of hydrogen-bond donors (Lipinski definition) is 1. The van der Waals surface area contributed by atoms with Gasteiger partial charge in [-0.15, -0.1) is 0 Å². The van der Waals surface area contributed by atoms with Crippen LogP contribution in [-0.4, -0.2) is 36.9 Å². The molecule has 0 amide bonds. The zero-order valence-electron chi connectivity index (χ0n) is 14.0. The van der Waals surface area contributed by atoms with E-state index < -0.39 is 0 Å². The highest BCUT2D eigenvalue weighted by atomic mass is 32.2. The molecule has 0 unspecified atom stereocenters. The average Bonchev–Trinajstić information content (AvgIpc) is 3.02. The van der Waals surface area contributed by atoms with Gasteiger partial charge in [0.15, 0.2) is 0 Å². The lowest BCUT2D eigenvalue weighted by Crippen LogP contribution is -2.48. The first kappa shape index (κ1) is 15.8. The van der Waals surface area contributed by atoms with Crippen molar-refractivity contribution in [2.45, 2.75) is 56.2 Å². The van der Waals surface area contributed by atoms with Crippen LogP contribution in [0.3, 0.4) is 0 Å². The predicted octanol–water partition coefficient (Wildman–Crippen LogP) is 3.72. The summed E-state index contributed by atoms with van der Waals surface area (Å²) in [5.41, 5.74) is 3.11. The smallest absolute Gasteiger partial charge is 0.119 e. The van der Waals surface area contributed by atoms with Crippen molar-refractivity contribution in [3.8, 4) is 5.75 Å². The zero-order chi connectivity index (χ0) is 15.7. The van der Waals surface area contributed by atoms with Gasteiger partial charge in [0, 0.05) is 24.4 Å². The standard InChI is InChI=1S/C19H27NO2S/c1-21-16-5-6-17-14(11-16)3-2-4-18(17)20-15-7-9-22-19(12-15)8-10-23-13-19/h5-6,11,15,18,20H,2-4,7-10,12-13H2,1H3/t15-,18-,19+/m0/s1. The Kier molecular flexibility index (Phi) is 4.57. The molecule has 1 aromatic rings. The Labute approximate surface area is 143 Å². The number of aryl methyl sites for hydroxylation is 1. The van der Waals surface area contributed by atoms with Gasteiger partial charge in [0.05, 0.1) is 12.7 Å². The average molecular weight is 333 g/mol. The molecule has 0 saturated carbocycles. The van der Waals surface area contributed by atoms with Gasteiger partial charge in [0.2, 0.25) is 0 Å². The van der Waals surface area contributed by atoms with Crippen LogP contribution in [0.5, 0.6) is 5.75 Å². The fourth-order valence-electron chi connectivity index (χ4n) is 4.41. The van der Waals surface area contributed by atoms with Crippen molar-refractivity contribution in [1.82, 2.24) is 5.32 Å². The Morgan fingerprint density at radius 1 is 1.35 bits per heavy atom. The summed E-state index contributed by atoms with van der Waals surface area (Å²) in [4.78, 5) is 0. The molecule has 3 atom stereocenters. The maximum absolute atomic E-state index is 6.17. The minimum Gasteiger partial charge on any atom is -0.497 e. The van der Waals surface area contributed by atoms with Gasteiger partial charge < -0.3 is 14.8 Å². The van der Waals surface area contributed by atoms with E-state index in [2.05, 4.69) is 35.3 Å². The molecule has 3 aliphatic rings. The van der Waals surface area contributed by atoms with Crippen LogP contribution < -0.4 is 10.1 Å². The summed E-state index contributed by atoms with van der Waals surface area (Å²) >= 11 is 2.05. The SMILES string of the molecule is COc1ccc2c(c1)CCC[C@@H]2N[C@H]1CCO[C@]2(CCSC2)C1. The second-order valence-corrected chi connectivity index (χ2v) is 8.31. The van der Waals surface area contributed by atoms with Crippen molar-refractivity contribution >= 4 is 11.8 Å². The van der Waals surface area contributed by atoms with Gasteiger partial charge in [0.25, 0.3) is 0 Å². The molecule has 1 spiro atoms. The highest BCUT2D eigenvalue weighted by molar-refractivity contribution is 7.99. The second kappa shape index (κ2) is 6.66. The minimum atomic E-state index is 0.165. The van der Waals surface area contributed by atoms with E-state index in [4.69, 9.17) is 9.47 Å². The van der Waals surface area contributed by atoms with E-state index in [0.717, 1.165) is 18.8 Å². The molecule has 1 aliphatic carbocycles. The van der Waals surface area contributed by atoms with E-state index >= 15 is 0 Å². The zero-order valence-corrected chi connectivity index (χ0v) is 14.8. The molecule has 4 heteroatoms. The molecule has 1 N–H and O–H groups in total. The van der Waals surface area contributed by atoms with Crippen LogP contribution in [0.15, 0.2) is 18.2 Å². The fourth-order valence-corrected chi connectivity index (χ4v) is 5.79. The predicted molar refractivity (Wildman–Crippen MR) is 95.5 cm³/mol. The molecule has 2 fully saturated rings. The van der Waals surface area contributed by atoms with Crippen molar-refractivity contribution in [2.75, 3.05) is 25.2 Å². The van der Waals surface area contributed by atoms with Gasteiger partial charge in [-0.05, 0) is 67.5 Å². The van der Waals surface area contributed by atoms with E-state index in [-0.39, 0.29) is 5.60 Å². The number of rotatable bonds is 3. The number of hydrogen-bond acceptors (Lipinski definition) is 4. The Morgan fingerprint density at radius 3 is 3.13 bits per heavy atom. The Balaban J connectivity index is 1.47. The van der Waals surface area contributed by atoms with E-state index in [1.165, 1.54) is 54.7 Å². The number of thioether (sulfide) groups is 1. The number of ether oxygens (including phenoxy) is 2.